The molecule has 1 atom stereocenters. The molecular formula is C23H25N3OS. The zero-order valence-corrected chi connectivity index (χ0v) is 16.9. The van der Waals surface area contributed by atoms with Crippen molar-refractivity contribution >= 4 is 22.9 Å². The van der Waals surface area contributed by atoms with Crippen molar-refractivity contribution in [2.24, 2.45) is 5.92 Å². The van der Waals surface area contributed by atoms with E-state index in [4.69, 9.17) is 0 Å². The molecule has 2 aromatic carbocycles. The predicted molar refractivity (Wildman–Crippen MR) is 115 cm³/mol. The number of aromatic nitrogens is 1. The zero-order chi connectivity index (χ0) is 19.3. The molecule has 144 valence electrons. The number of carbonyl (C=O) groups excluding carboxylic acids is 1. The lowest BCUT2D eigenvalue weighted by Crippen LogP contribution is -2.40. The number of benzene rings is 2. The number of amides is 1. The second-order valence-electron chi connectivity index (χ2n) is 7.50. The molecule has 1 amide bonds. The fraction of sp³-hybridized carbons (Fsp3) is 0.304. The third-order valence-electron chi connectivity index (χ3n) is 5.25. The van der Waals surface area contributed by atoms with Gasteiger partial charge in [0, 0.05) is 29.7 Å². The first-order valence-corrected chi connectivity index (χ1v) is 10.7. The van der Waals surface area contributed by atoms with Gasteiger partial charge in [-0.15, -0.1) is 11.3 Å². The summed E-state index contributed by atoms with van der Waals surface area (Å²) in [6, 6.07) is 16.6. The second kappa shape index (κ2) is 8.67. The van der Waals surface area contributed by atoms with Crippen LogP contribution in [0.25, 0.3) is 11.3 Å². The summed E-state index contributed by atoms with van der Waals surface area (Å²) < 4.78 is 0. The van der Waals surface area contributed by atoms with Crippen LogP contribution in [0.1, 0.15) is 24.0 Å². The highest BCUT2D eigenvalue weighted by Crippen LogP contribution is 2.23. The molecular weight excluding hydrogens is 366 g/mol. The van der Waals surface area contributed by atoms with Gasteiger partial charge in [0.1, 0.15) is 0 Å². The normalized spacial score (nSPS) is 17.4. The standard InChI is InChI=1S/C23H25N3OS/c1-17-4-2-5-18(12-17)13-26-11-3-6-20(14-26)23(27)25-21-9-7-19(8-10-21)22-15-28-16-24-22/h2,4-5,7-10,12,15-16,20H,3,6,11,13-14H2,1H3,(H,25,27)/t20-/m0/s1. The van der Waals surface area contributed by atoms with E-state index in [2.05, 4.69) is 46.4 Å². The van der Waals surface area contributed by atoms with Crippen LogP contribution < -0.4 is 5.32 Å². The maximum Gasteiger partial charge on any atom is 0.228 e. The Bertz CT molecular complexity index is 921. The number of hydrogen-bond acceptors (Lipinski definition) is 4. The Morgan fingerprint density at radius 3 is 2.86 bits per heavy atom. The first-order valence-electron chi connectivity index (χ1n) is 9.75. The first-order chi connectivity index (χ1) is 13.7. The van der Waals surface area contributed by atoms with Gasteiger partial charge in [-0.1, -0.05) is 42.0 Å². The maximum absolute atomic E-state index is 12.8. The van der Waals surface area contributed by atoms with Gasteiger partial charge in [-0.3, -0.25) is 9.69 Å². The molecule has 4 nitrogen and oxygen atoms in total. The minimum absolute atomic E-state index is 0.0387. The highest BCUT2D eigenvalue weighted by molar-refractivity contribution is 7.07. The lowest BCUT2D eigenvalue weighted by atomic mass is 9.96. The minimum Gasteiger partial charge on any atom is -0.326 e. The molecule has 1 fully saturated rings. The third kappa shape index (κ3) is 4.66. The van der Waals surface area contributed by atoms with Gasteiger partial charge in [0.15, 0.2) is 0 Å². The Morgan fingerprint density at radius 2 is 2.11 bits per heavy atom. The topological polar surface area (TPSA) is 45.2 Å². The zero-order valence-electron chi connectivity index (χ0n) is 16.1. The fourth-order valence-electron chi connectivity index (χ4n) is 3.81. The number of aryl methyl sites for hydroxylation is 1. The molecule has 0 unspecified atom stereocenters. The first kappa shape index (κ1) is 18.8. The summed E-state index contributed by atoms with van der Waals surface area (Å²) in [6.45, 7) is 4.90. The Kier molecular flexibility index (Phi) is 5.84. The van der Waals surface area contributed by atoms with Crippen molar-refractivity contribution in [1.29, 1.82) is 0 Å². The molecule has 0 aliphatic carbocycles. The summed E-state index contributed by atoms with van der Waals surface area (Å²) in [4.78, 5) is 19.5. The number of nitrogens with zero attached hydrogens (tertiary/aromatic N) is 2. The van der Waals surface area contributed by atoms with E-state index >= 15 is 0 Å². The third-order valence-corrected chi connectivity index (χ3v) is 5.83. The molecule has 5 heteroatoms. The molecule has 4 rings (SSSR count). The number of nitrogens with one attached hydrogen (secondary N) is 1. The Morgan fingerprint density at radius 1 is 1.25 bits per heavy atom. The van der Waals surface area contributed by atoms with Crippen LogP contribution in [0, 0.1) is 12.8 Å². The fourth-order valence-corrected chi connectivity index (χ4v) is 4.37. The lowest BCUT2D eigenvalue weighted by molar-refractivity contribution is -0.121. The van der Waals surface area contributed by atoms with Crippen molar-refractivity contribution in [1.82, 2.24) is 9.88 Å². The number of anilines is 1. The molecule has 0 spiro atoms. The number of hydrogen-bond donors (Lipinski definition) is 1. The molecule has 1 aromatic heterocycles. The molecule has 28 heavy (non-hydrogen) atoms. The highest BCUT2D eigenvalue weighted by atomic mass is 32.1. The van der Waals surface area contributed by atoms with Gasteiger partial charge in [0.05, 0.1) is 17.1 Å². The van der Waals surface area contributed by atoms with E-state index in [0.29, 0.717) is 0 Å². The molecule has 0 bridgehead atoms. The summed E-state index contributed by atoms with van der Waals surface area (Å²) >= 11 is 1.58. The van der Waals surface area contributed by atoms with Crippen molar-refractivity contribution in [3.05, 3.63) is 70.5 Å². The lowest BCUT2D eigenvalue weighted by Gasteiger charge is -2.32. The van der Waals surface area contributed by atoms with Gasteiger partial charge >= 0.3 is 0 Å². The van der Waals surface area contributed by atoms with E-state index < -0.39 is 0 Å². The maximum atomic E-state index is 12.8. The van der Waals surface area contributed by atoms with Crippen molar-refractivity contribution in [3.8, 4) is 11.3 Å². The SMILES string of the molecule is Cc1cccc(CN2CCC[C@H](C(=O)Nc3ccc(-c4cscn4)cc3)C2)c1. The van der Waals surface area contributed by atoms with Gasteiger partial charge < -0.3 is 5.32 Å². The van der Waals surface area contributed by atoms with Crippen LogP contribution in [0.4, 0.5) is 5.69 Å². The molecule has 0 radical (unpaired) electrons. The molecule has 1 aliphatic heterocycles. The summed E-state index contributed by atoms with van der Waals surface area (Å²) in [7, 11) is 0. The van der Waals surface area contributed by atoms with E-state index in [-0.39, 0.29) is 11.8 Å². The molecule has 1 N–H and O–H groups in total. The molecule has 3 aromatic rings. The number of rotatable bonds is 5. The van der Waals surface area contributed by atoms with E-state index in [1.54, 1.807) is 11.3 Å². The van der Waals surface area contributed by atoms with Gasteiger partial charge in [-0.05, 0) is 44.0 Å². The van der Waals surface area contributed by atoms with Gasteiger partial charge in [0.2, 0.25) is 5.91 Å². The van der Waals surface area contributed by atoms with Crippen molar-refractivity contribution in [2.45, 2.75) is 26.3 Å². The summed E-state index contributed by atoms with van der Waals surface area (Å²) in [6.07, 6.45) is 2.01. The van der Waals surface area contributed by atoms with Crippen LogP contribution in [-0.4, -0.2) is 28.9 Å². The highest BCUT2D eigenvalue weighted by Gasteiger charge is 2.25. The van der Waals surface area contributed by atoms with Crippen molar-refractivity contribution in [3.63, 3.8) is 0 Å². The van der Waals surface area contributed by atoms with Crippen LogP contribution in [0.15, 0.2) is 59.4 Å². The van der Waals surface area contributed by atoms with Crippen LogP contribution in [0.2, 0.25) is 0 Å². The largest absolute Gasteiger partial charge is 0.326 e. The summed E-state index contributed by atoms with van der Waals surface area (Å²) in [5.74, 6) is 0.159. The molecule has 2 heterocycles. The van der Waals surface area contributed by atoms with Crippen LogP contribution >= 0.6 is 11.3 Å². The quantitative estimate of drug-likeness (QED) is 0.668. The van der Waals surface area contributed by atoms with E-state index in [1.165, 1.54) is 11.1 Å². The number of thiazole rings is 1. The van der Waals surface area contributed by atoms with Crippen LogP contribution in [-0.2, 0) is 11.3 Å². The van der Waals surface area contributed by atoms with E-state index in [0.717, 1.165) is 49.4 Å². The molecule has 1 saturated heterocycles. The Hall–Kier alpha value is -2.50. The van der Waals surface area contributed by atoms with E-state index in [1.807, 2.05) is 35.2 Å². The number of carbonyl (C=O) groups is 1. The average Bonchev–Trinajstić information content (AvgIpc) is 3.24. The summed E-state index contributed by atoms with van der Waals surface area (Å²) in [5, 5.41) is 5.12. The smallest absolute Gasteiger partial charge is 0.228 e. The Labute approximate surface area is 170 Å². The number of likely N-dealkylation sites (tertiary alicyclic amines) is 1. The van der Waals surface area contributed by atoms with Gasteiger partial charge in [-0.25, -0.2) is 4.98 Å². The van der Waals surface area contributed by atoms with Crippen LogP contribution in [0.5, 0.6) is 0 Å². The second-order valence-corrected chi connectivity index (χ2v) is 8.22. The number of piperidine rings is 1. The van der Waals surface area contributed by atoms with Crippen molar-refractivity contribution in [2.75, 3.05) is 18.4 Å². The monoisotopic (exact) mass is 391 g/mol. The van der Waals surface area contributed by atoms with Gasteiger partial charge in [-0.2, -0.15) is 0 Å². The van der Waals surface area contributed by atoms with E-state index in [9.17, 15) is 4.79 Å². The molecule has 1 aliphatic rings. The van der Waals surface area contributed by atoms with Crippen molar-refractivity contribution < 1.29 is 4.79 Å². The minimum atomic E-state index is 0.0387. The van der Waals surface area contributed by atoms with Crippen LogP contribution in [0.3, 0.4) is 0 Å². The molecule has 0 saturated carbocycles. The Balaban J connectivity index is 1.35. The predicted octanol–water partition coefficient (Wildman–Crippen LogP) is 4.97. The average molecular weight is 392 g/mol. The van der Waals surface area contributed by atoms with Gasteiger partial charge in [0.25, 0.3) is 0 Å². The summed E-state index contributed by atoms with van der Waals surface area (Å²) in [5.41, 5.74) is 7.32.